The molecule has 2 aromatic heterocycles. The maximum absolute atomic E-state index is 6.10. The summed E-state index contributed by atoms with van der Waals surface area (Å²) in [4.78, 5) is 9.17. The van der Waals surface area contributed by atoms with Gasteiger partial charge in [0.1, 0.15) is 11.3 Å². The van der Waals surface area contributed by atoms with Crippen LogP contribution in [0.5, 0.6) is 0 Å². The van der Waals surface area contributed by atoms with Gasteiger partial charge in [0.25, 0.3) is 0 Å². The number of hydrogen-bond donors (Lipinski definition) is 1. The second-order valence-electron chi connectivity index (χ2n) is 7.38. The van der Waals surface area contributed by atoms with Gasteiger partial charge in [-0.3, -0.25) is 0 Å². The molecule has 4 nitrogen and oxygen atoms in total. The van der Waals surface area contributed by atoms with Crippen LogP contribution >= 0.6 is 11.8 Å². The zero-order chi connectivity index (χ0) is 17.6. The van der Waals surface area contributed by atoms with Crippen LogP contribution in [0.4, 0.5) is 5.82 Å². The number of thioether (sulfide) groups is 1. The Morgan fingerprint density at radius 2 is 2.00 bits per heavy atom. The van der Waals surface area contributed by atoms with Crippen LogP contribution < -0.4 is 5.73 Å². The molecule has 2 heterocycles. The van der Waals surface area contributed by atoms with Gasteiger partial charge in [-0.2, -0.15) is 11.8 Å². The first-order valence-electron chi connectivity index (χ1n) is 9.88. The number of fused-ring (bicyclic) bond motifs is 1. The molecule has 1 aliphatic carbocycles. The number of nitrogens with zero attached hydrogens (tertiary/aromatic N) is 3. The first-order chi connectivity index (χ1) is 12.2. The molecule has 2 aromatic rings. The molecule has 1 aliphatic rings. The van der Waals surface area contributed by atoms with Crippen LogP contribution in [-0.2, 0) is 13.0 Å². The van der Waals surface area contributed by atoms with Gasteiger partial charge in [-0.25, -0.2) is 9.97 Å². The molecule has 1 fully saturated rings. The van der Waals surface area contributed by atoms with Gasteiger partial charge in [0.2, 0.25) is 0 Å². The van der Waals surface area contributed by atoms with E-state index in [0.717, 1.165) is 24.4 Å². The molecule has 0 saturated heterocycles. The number of aryl methyl sites for hydroxylation is 2. The molecule has 1 saturated carbocycles. The summed E-state index contributed by atoms with van der Waals surface area (Å²) in [5.74, 6) is 5.25. The van der Waals surface area contributed by atoms with E-state index in [2.05, 4.69) is 35.2 Å². The number of hydrogen-bond acceptors (Lipinski definition) is 4. The Kier molecular flexibility index (Phi) is 6.63. The molecular formula is C20H32N4S. The van der Waals surface area contributed by atoms with Gasteiger partial charge < -0.3 is 10.3 Å². The topological polar surface area (TPSA) is 56.7 Å². The Morgan fingerprint density at radius 3 is 2.76 bits per heavy atom. The minimum Gasteiger partial charge on any atom is -0.382 e. The highest BCUT2D eigenvalue weighted by molar-refractivity contribution is 7.99. The summed E-state index contributed by atoms with van der Waals surface area (Å²) in [6.45, 7) is 5.44. The van der Waals surface area contributed by atoms with Crippen LogP contribution in [0.15, 0.2) is 6.20 Å². The fourth-order valence-corrected chi connectivity index (χ4v) is 4.45. The maximum atomic E-state index is 6.10. The third kappa shape index (κ3) is 4.90. The van der Waals surface area contributed by atoms with E-state index in [9.17, 15) is 0 Å². The van der Waals surface area contributed by atoms with Crippen molar-refractivity contribution in [1.82, 2.24) is 14.5 Å². The standard InChI is InChI=1S/C20H32N4S/c1-3-4-11-25-12-7-5-6-10-24-17(13-16-8-9-16)23-18-19(24)15(2)14-22-20(18)21/h14,16H,3-13H2,1-2H3,(H2,21,22). The molecule has 0 aromatic carbocycles. The average Bonchev–Trinajstić information content (AvgIpc) is 3.34. The number of imidazole rings is 1. The van der Waals surface area contributed by atoms with Crippen LogP contribution in [0.2, 0.25) is 0 Å². The first-order valence-corrected chi connectivity index (χ1v) is 11.0. The molecule has 0 atom stereocenters. The molecule has 25 heavy (non-hydrogen) atoms. The molecule has 0 unspecified atom stereocenters. The predicted molar refractivity (Wildman–Crippen MR) is 109 cm³/mol. The van der Waals surface area contributed by atoms with Gasteiger partial charge in [-0.1, -0.05) is 19.8 Å². The van der Waals surface area contributed by atoms with Crippen LogP contribution in [0.1, 0.15) is 63.3 Å². The van der Waals surface area contributed by atoms with E-state index >= 15 is 0 Å². The summed E-state index contributed by atoms with van der Waals surface area (Å²) >= 11 is 2.11. The Hall–Kier alpha value is -1.23. The van der Waals surface area contributed by atoms with Crippen molar-refractivity contribution in [3.8, 4) is 0 Å². The predicted octanol–water partition coefficient (Wildman–Crippen LogP) is 4.98. The summed E-state index contributed by atoms with van der Waals surface area (Å²) in [6.07, 6.45) is 12.2. The van der Waals surface area contributed by atoms with Crippen molar-refractivity contribution in [3.05, 3.63) is 17.6 Å². The number of nitrogens with two attached hydrogens (primary N) is 1. The van der Waals surface area contributed by atoms with Crippen molar-refractivity contribution in [1.29, 1.82) is 0 Å². The number of unbranched alkanes of at least 4 members (excludes halogenated alkanes) is 3. The lowest BCUT2D eigenvalue weighted by molar-refractivity contribution is 0.582. The molecule has 2 N–H and O–H groups in total. The Balaban J connectivity index is 1.61. The number of aromatic nitrogens is 3. The van der Waals surface area contributed by atoms with Crippen LogP contribution in [0, 0.1) is 12.8 Å². The van der Waals surface area contributed by atoms with E-state index in [1.54, 1.807) is 0 Å². The van der Waals surface area contributed by atoms with E-state index in [4.69, 9.17) is 10.7 Å². The highest BCUT2D eigenvalue weighted by Crippen LogP contribution is 2.34. The molecular weight excluding hydrogens is 328 g/mol. The lowest BCUT2D eigenvalue weighted by Gasteiger charge is -2.10. The normalized spacial score (nSPS) is 14.5. The van der Waals surface area contributed by atoms with Crippen molar-refractivity contribution in [2.45, 2.75) is 71.8 Å². The smallest absolute Gasteiger partial charge is 0.151 e. The number of pyridine rings is 1. The zero-order valence-corrected chi connectivity index (χ0v) is 16.6. The van der Waals surface area contributed by atoms with Crippen LogP contribution in [0.25, 0.3) is 11.0 Å². The van der Waals surface area contributed by atoms with Crippen molar-refractivity contribution in [3.63, 3.8) is 0 Å². The minimum atomic E-state index is 0.573. The molecule has 0 aliphatic heterocycles. The summed E-state index contributed by atoms with van der Waals surface area (Å²) in [7, 11) is 0. The van der Waals surface area contributed by atoms with Crippen LogP contribution in [-0.4, -0.2) is 26.0 Å². The lowest BCUT2D eigenvalue weighted by atomic mass is 10.2. The van der Waals surface area contributed by atoms with E-state index in [-0.39, 0.29) is 0 Å². The maximum Gasteiger partial charge on any atom is 0.151 e. The number of rotatable bonds is 11. The number of nitrogen functional groups attached to an aromatic ring is 1. The highest BCUT2D eigenvalue weighted by atomic mass is 32.2. The molecule has 0 amide bonds. The van der Waals surface area contributed by atoms with Crippen molar-refractivity contribution >= 4 is 28.6 Å². The van der Waals surface area contributed by atoms with E-state index in [0.29, 0.717) is 5.82 Å². The fourth-order valence-electron chi connectivity index (χ4n) is 3.34. The van der Waals surface area contributed by atoms with Gasteiger partial charge in [-0.05, 0) is 62.0 Å². The molecule has 5 heteroatoms. The molecule has 0 spiro atoms. The zero-order valence-electron chi connectivity index (χ0n) is 15.8. The Labute approximate surface area is 156 Å². The van der Waals surface area contributed by atoms with E-state index in [1.807, 2.05) is 6.20 Å². The van der Waals surface area contributed by atoms with Crippen molar-refractivity contribution in [2.24, 2.45) is 5.92 Å². The van der Waals surface area contributed by atoms with Crippen LogP contribution in [0.3, 0.4) is 0 Å². The first kappa shape index (κ1) is 18.6. The minimum absolute atomic E-state index is 0.573. The molecule has 0 bridgehead atoms. The Bertz CT molecular complexity index is 691. The third-order valence-corrected chi connectivity index (χ3v) is 6.20. The fraction of sp³-hybridized carbons (Fsp3) is 0.700. The molecule has 138 valence electrons. The van der Waals surface area contributed by atoms with Gasteiger partial charge in [0, 0.05) is 19.2 Å². The van der Waals surface area contributed by atoms with Gasteiger partial charge in [0.05, 0.1) is 5.52 Å². The molecule has 3 rings (SSSR count). The monoisotopic (exact) mass is 360 g/mol. The third-order valence-electron chi connectivity index (χ3n) is 5.04. The second-order valence-corrected chi connectivity index (χ2v) is 8.60. The van der Waals surface area contributed by atoms with Crippen molar-refractivity contribution < 1.29 is 0 Å². The van der Waals surface area contributed by atoms with E-state index in [1.165, 1.54) is 73.4 Å². The summed E-state index contributed by atoms with van der Waals surface area (Å²) in [5.41, 5.74) is 9.40. The second kappa shape index (κ2) is 8.93. The summed E-state index contributed by atoms with van der Waals surface area (Å²) in [5, 5.41) is 0. The average molecular weight is 361 g/mol. The summed E-state index contributed by atoms with van der Waals surface area (Å²) in [6, 6.07) is 0. The summed E-state index contributed by atoms with van der Waals surface area (Å²) < 4.78 is 2.44. The number of anilines is 1. The van der Waals surface area contributed by atoms with E-state index < -0.39 is 0 Å². The van der Waals surface area contributed by atoms with Crippen molar-refractivity contribution in [2.75, 3.05) is 17.2 Å². The van der Waals surface area contributed by atoms with Gasteiger partial charge in [-0.15, -0.1) is 0 Å². The largest absolute Gasteiger partial charge is 0.382 e. The van der Waals surface area contributed by atoms with Gasteiger partial charge in [0.15, 0.2) is 5.82 Å². The Morgan fingerprint density at radius 1 is 1.20 bits per heavy atom. The lowest BCUT2D eigenvalue weighted by Crippen LogP contribution is -2.06. The SMILES string of the molecule is CCCCSCCCCCn1c(CC2CC2)nc2c(N)ncc(C)c21. The van der Waals surface area contributed by atoms with Gasteiger partial charge >= 0.3 is 0 Å². The quantitative estimate of drug-likeness (QED) is 0.574. The highest BCUT2D eigenvalue weighted by Gasteiger charge is 2.25. The molecule has 0 radical (unpaired) electrons.